The number of aromatic nitrogens is 6. The molecule has 1 aliphatic carbocycles. The average Bonchev–Trinajstić information content (AvgIpc) is 3.51. The summed E-state index contributed by atoms with van der Waals surface area (Å²) in [5.41, 5.74) is 15.5. The third-order valence-corrected chi connectivity index (χ3v) is 7.13. The number of H-pyrrole nitrogens is 2. The Morgan fingerprint density at radius 1 is 0.889 bits per heavy atom. The summed E-state index contributed by atoms with van der Waals surface area (Å²) in [4.78, 5) is 13.1. The van der Waals surface area contributed by atoms with Crippen LogP contribution in [0.25, 0.3) is 33.3 Å². The van der Waals surface area contributed by atoms with Crippen LogP contribution in [0.15, 0.2) is 78.9 Å². The van der Waals surface area contributed by atoms with Gasteiger partial charge in [-0.25, -0.2) is 15.1 Å². The zero-order valence-electron chi connectivity index (χ0n) is 19.6. The summed E-state index contributed by atoms with van der Waals surface area (Å²) < 4.78 is 0. The minimum atomic E-state index is -0.0219. The normalized spacial score (nSPS) is 14.4. The van der Waals surface area contributed by atoms with Gasteiger partial charge in [0.2, 0.25) is 0 Å². The van der Waals surface area contributed by atoms with Gasteiger partial charge in [-0.1, -0.05) is 71.9 Å². The maximum atomic E-state index is 6.17. The lowest BCUT2D eigenvalue weighted by Gasteiger charge is -2.17. The summed E-state index contributed by atoms with van der Waals surface area (Å²) in [6, 6.07) is 27.6. The van der Waals surface area contributed by atoms with Gasteiger partial charge in [0.05, 0.1) is 11.0 Å². The molecule has 3 heterocycles. The largest absolute Gasteiger partial charge is 0.384 e. The Morgan fingerprint density at radius 2 is 1.75 bits per heavy atom. The molecule has 0 aliphatic heterocycles. The highest BCUT2D eigenvalue weighted by molar-refractivity contribution is 5.92. The van der Waals surface area contributed by atoms with Crippen LogP contribution in [0.4, 0.5) is 5.82 Å². The molecule has 7 rings (SSSR count). The predicted molar refractivity (Wildman–Crippen MR) is 142 cm³/mol. The highest BCUT2D eigenvalue weighted by Crippen LogP contribution is 2.41. The van der Waals surface area contributed by atoms with Gasteiger partial charge in [-0.2, -0.15) is 0 Å². The van der Waals surface area contributed by atoms with E-state index < -0.39 is 0 Å². The van der Waals surface area contributed by atoms with Crippen LogP contribution in [0.5, 0.6) is 0 Å². The number of nitrogens with zero attached hydrogens (tertiary/aromatic N) is 4. The molecule has 0 radical (unpaired) electrons. The lowest BCUT2D eigenvalue weighted by Crippen LogP contribution is -2.08. The fraction of sp³-hybridized carbons (Fsp3) is 0.172. The molecule has 4 N–H and O–H groups in total. The number of imidazole rings is 1. The number of hydrogen-bond donors (Lipinski definition) is 3. The predicted octanol–water partition coefficient (Wildman–Crippen LogP) is 5.73. The summed E-state index contributed by atoms with van der Waals surface area (Å²) in [6.07, 6.45) is 3.24. The molecular weight excluding hydrogens is 446 g/mol. The monoisotopic (exact) mass is 471 g/mol. The van der Waals surface area contributed by atoms with E-state index in [1.54, 1.807) is 0 Å². The number of nitrogen functional groups attached to an aromatic ring is 1. The molecule has 6 aromatic rings. The van der Waals surface area contributed by atoms with E-state index in [1.165, 1.54) is 24.0 Å². The molecule has 0 unspecified atom stereocenters. The standard InChI is InChI=1S/C29H25N7/c30-25-15-23(28-29(32-25)35-36-34-28)22(18-6-2-1-3-7-18)16-26-31-24-11-5-10-21(27(24)33-26)20-9-4-8-19(14-20)17-12-13-17/h1-11,14-15,17,22H,12-13,16H2,(H,31,33)(H3,30,32,34,35,36)/t22-/m1/s1. The van der Waals surface area contributed by atoms with Crippen molar-refractivity contribution in [1.29, 1.82) is 0 Å². The Hall–Kier alpha value is -4.52. The van der Waals surface area contributed by atoms with E-state index in [2.05, 4.69) is 92.1 Å². The van der Waals surface area contributed by atoms with Gasteiger partial charge in [0.15, 0.2) is 5.65 Å². The van der Waals surface area contributed by atoms with Crippen molar-refractivity contribution in [2.24, 2.45) is 0 Å². The molecule has 7 nitrogen and oxygen atoms in total. The summed E-state index contributed by atoms with van der Waals surface area (Å²) in [5.74, 6) is 2.04. The van der Waals surface area contributed by atoms with Crippen molar-refractivity contribution < 1.29 is 0 Å². The first-order chi connectivity index (χ1) is 17.7. The lowest BCUT2D eigenvalue weighted by molar-refractivity contribution is 0.771. The highest BCUT2D eigenvalue weighted by Gasteiger charge is 2.25. The molecule has 0 saturated heterocycles. The molecule has 36 heavy (non-hydrogen) atoms. The molecule has 1 saturated carbocycles. The van der Waals surface area contributed by atoms with Gasteiger partial charge < -0.3 is 10.7 Å². The van der Waals surface area contributed by atoms with Gasteiger partial charge in [0, 0.05) is 17.9 Å². The molecule has 0 spiro atoms. The van der Waals surface area contributed by atoms with Crippen LogP contribution >= 0.6 is 0 Å². The zero-order chi connectivity index (χ0) is 24.1. The van der Waals surface area contributed by atoms with Crippen LogP contribution in [0.3, 0.4) is 0 Å². The van der Waals surface area contributed by atoms with E-state index in [9.17, 15) is 0 Å². The van der Waals surface area contributed by atoms with Crippen LogP contribution in [-0.4, -0.2) is 30.4 Å². The summed E-state index contributed by atoms with van der Waals surface area (Å²) in [6.45, 7) is 0. The first kappa shape index (κ1) is 20.8. The number of rotatable bonds is 6. The van der Waals surface area contributed by atoms with Crippen LogP contribution < -0.4 is 5.73 Å². The van der Waals surface area contributed by atoms with Crippen molar-refractivity contribution in [2.45, 2.75) is 31.1 Å². The van der Waals surface area contributed by atoms with Gasteiger partial charge in [-0.3, -0.25) is 0 Å². The molecule has 0 bridgehead atoms. The molecular formula is C29H25N7. The van der Waals surface area contributed by atoms with E-state index >= 15 is 0 Å². The SMILES string of the molecule is Nc1cc([C@H](Cc2nc3c(-c4cccc(C5CC5)c4)cccc3[nH]2)c2ccccc2)c2nn[nH]c2n1. The number of hydrogen-bond acceptors (Lipinski definition) is 5. The molecule has 176 valence electrons. The number of nitrogens with two attached hydrogens (primary N) is 1. The van der Waals surface area contributed by atoms with Crippen molar-refractivity contribution in [2.75, 3.05) is 5.73 Å². The molecule has 3 aromatic heterocycles. The number of nitrogens with one attached hydrogen (secondary N) is 2. The fourth-order valence-corrected chi connectivity index (χ4v) is 5.23. The molecule has 0 amide bonds. The Bertz CT molecular complexity index is 1700. The molecule has 1 aliphatic rings. The number of benzene rings is 3. The molecule has 7 heteroatoms. The second-order valence-electron chi connectivity index (χ2n) is 9.60. The Kier molecular flexibility index (Phi) is 4.80. The van der Waals surface area contributed by atoms with Crippen molar-refractivity contribution >= 4 is 28.0 Å². The summed E-state index contributed by atoms with van der Waals surface area (Å²) >= 11 is 0. The van der Waals surface area contributed by atoms with E-state index in [0.717, 1.165) is 39.1 Å². The number of para-hydroxylation sites is 1. The minimum absolute atomic E-state index is 0.0219. The first-order valence-electron chi connectivity index (χ1n) is 12.3. The van der Waals surface area contributed by atoms with Gasteiger partial charge in [0.1, 0.15) is 17.2 Å². The highest BCUT2D eigenvalue weighted by atomic mass is 15.3. The summed E-state index contributed by atoms with van der Waals surface area (Å²) in [5, 5.41) is 11.2. The topological polar surface area (TPSA) is 109 Å². The zero-order valence-corrected chi connectivity index (χ0v) is 19.6. The van der Waals surface area contributed by atoms with Crippen LogP contribution in [-0.2, 0) is 6.42 Å². The Labute approximate surface area is 207 Å². The lowest BCUT2D eigenvalue weighted by atomic mass is 9.88. The van der Waals surface area contributed by atoms with Crippen molar-refractivity contribution in [3.05, 3.63) is 101 Å². The van der Waals surface area contributed by atoms with Crippen LogP contribution in [0.1, 0.15) is 47.2 Å². The third kappa shape index (κ3) is 3.69. The van der Waals surface area contributed by atoms with Crippen molar-refractivity contribution in [1.82, 2.24) is 30.4 Å². The van der Waals surface area contributed by atoms with Crippen molar-refractivity contribution in [3.63, 3.8) is 0 Å². The second-order valence-corrected chi connectivity index (χ2v) is 9.60. The number of anilines is 1. The maximum absolute atomic E-state index is 6.17. The first-order valence-corrected chi connectivity index (χ1v) is 12.3. The number of fused-ring (bicyclic) bond motifs is 2. The van der Waals surface area contributed by atoms with Gasteiger partial charge in [0.25, 0.3) is 0 Å². The van der Waals surface area contributed by atoms with Crippen molar-refractivity contribution in [3.8, 4) is 11.1 Å². The molecule has 3 aromatic carbocycles. The van der Waals surface area contributed by atoms with Gasteiger partial charge >= 0.3 is 0 Å². The quantitative estimate of drug-likeness (QED) is 0.287. The van der Waals surface area contributed by atoms with Crippen LogP contribution in [0, 0.1) is 0 Å². The van der Waals surface area contributed by atoms with E-state index in [1.807, 2.05) is 12.1 Å². The molecule has 1 atom stereocenters. The number of aromatic amines is 2. The van der Waals surface area contributed by atoms with Crippen LogP contribution in [0.2, 0.25) is 0 Å². The van der Waals surface area contributed by atoms with E-state index in [0.29, 0.717) is 23.8 Å². The fourth-order valence-electron chi connectivity index (χ4n) is 5.23. The molecule has 1 fully saturated rings. The Balaban J connectivity index is 1.33. The average molecular weight is 472 g/mol. The third-order valence-electron chi connectivity index (χ3n) is 7.13. The van der Waals surface area contributed by atoms with Gasteiger partial charge in [-0.05, 0) is 53.1 Å². The smallest absolute Gasteiger partial charge is 0.178 e. The number of pyridine rings is 1. The summed E-state index contributed by atoms with van der Waals surface area (Å²) in [7, 11) is 0. The second kappa shape index (κ2) is 8.30. The van der Waals surface area contributed by atoms with Gasteiger partial charge in [-0.15, -0.1) is 5.10 Å². The van der Waals surface area contributed by atoms with E-state index in [4.69, 9.17) is 10.7 Å². The van der Waals surface area contributed by atoms with E-state index in [-0.39, 0.29) is 5.92 Å². The maximum Gasteiger partial charge on any atom is 0.178 e. The minimum Gasteiger partial charge on any atom is -0.384 e. The Morgan fingerprint density at radius 3 is 2.61 bits per heavy atom.